The van der Waals surface area contributed by atoms with Crippen molar-refractivity contribution in [3.05, 3.63) is 0 Å². The van der Waals surface area contributed by atoms with Gasteiger partial charge in [-0.05, 0) is 6.42 Å². The van der Waals surface area contributed by atoms with E-state index in [0.29, 0.717) is 13.0 Å². The summed E-state index contributed by atoms with van der Waals surface area (Å²) in [5, 5.41) is 0. The van der Waals surface area contributed by atoms with E-state index >= 15 is 0 Å². The average molecular weight is 234 g/mol. The molecule has 0 saturated carbocycles. The minimum atomic E-state index is -2.76. The van der Waals surface area contributed by atoms with E-state index in [9.17, 15) is 13.6 Å². The van der Waals surface area contributed by atoms with E-state index in [-0.39, 0.29) is 32.1 Å². The van der Waals surface area contributed by atoms with Crippen molar-refractivity contribution in [1.82, 2.24) is 4.90 Å². The Balaban J connectivity index is 2.04. The zero-order chi connectivity index (χ0) is 11.8. The number of nitrogens with zero attached hydrogens (tertiary/aromatic N) is 1. The lowest BCUT2D eigenvalue weighted by atomic mass is 9.84. The highest BCUT2D eigenvalue weighted by atomic mass is 19.3. The normalized spacial score (nSPS) is 27.3. The van der Waals surface area contributed by atoms with Gasteiger partial charge in [0, 0.05) is 19.5 Å². The molecular formula is C10H16F2N2O2. The molecule has 6 heteroatoms. The molecule has 0 radical (unpaired) electrons. The highest BCUT2D eigenvalue weighted by Gasteiger charge is 2.49. The van der Waals surface area contributed by atoms with Crippen LogP contribution in [0.5, 0.6) is 0 Å². The largest absolute Gasteiger partial charge is 0.379 e. The summed E-state index contributed by atoms with van der Waals surface area (Å²) in [7, 11) is 0. The molecule has 0 aromatic heterocycles. The van der Waals surface area contributed by atoms with Crippen LogP contribution in [-0.2, 0) is 9.53 Å². The fraction of sp³-hybridized carbons (Fsp3) is 0.900. The number of alkyl halides is 2. The molecule has 4 nitrogen and oxygen atoms in total. The van der Waals surface area contributed by atoms with Crippen molar-refractivity contribution in [1.29, 1.82) is 0 Å². The average Bonchev–Trinajstić information content (AvgIpc) is 2.15. The molecule has 2 N–H and O–H groups in total. The third kappa shape index (κ3) is 1.91. The van der Waals surface area contributed by atoms with Gasteiger partial charge >= 0.3 is 0 Å². The van der Waals surface area contributed by atoms with Gasteiger partial charge in [0.1, 0.15) is 5.41 Å². The van der Waals surface area contributed by atoms with Gasteiger partial charge in [0.25, 0.3) is 5.92 Å². The first-order valence-electron chi connectivity index (χ1n) is 5.44. The number of rotatable bonds is 2. The highest BCUT2D eigenvalue weighted by molar-refractivity contribution is 5.84. The monoisotopic (exact) mass is 234 g/mol. The lowest BCUT2D eigenvalue weighted by Gasteiger charge is -2.44. The second-order valence-electron chi connectivity index (χ2n) is 4.66. The van der Waals surface area contributed by atoms with Crippen LogP contribution in [0, 0.1) is 5.41 Å². The van der Waals surface area contributed by atoms with E-state index < -0.39 is 17.9 Å². The number of nitrogens with two attached hydrogens (primary N) is 1. The van der Waals surface area contributed by atoms with Gasteiger partial charge in [-0.1, -0.05) is 0 Å². The molecule has 2 saturated heterocycles. The van der Waals surface area contributed by atoms with Crippen molar-refractivity contribution in [2.45, 2.75) is 18.8 Å². The van der Waals surface area contributed by atoms with Crippen molar-refractivity contribution < 1.29 is 18.3 Å². The standard InChI is InChI=1S/C10H16F2N2O2/c11-10(12)2-1-3-14(5-10)8(15)9(4-13)6-16-7-9/h1-7,13H2. The number of amides is 1. The van der Waals surface area contributed by atoms with Gasteiger partial charge in [0.05, 0.1) is 19.8 Å². The molecule has 2 aliphatic rings. The number of likely N-dealkylation sites (tertiary alicyclic amines) is 1. The summed E-state index contributed by atoms with van der Waals surface area (Å²) in [5.41, 5.74) is 4.79. The molecule has 16 heavy (non-hydrogen) atoms. The van der Waals surface area contributed by atoms with Crippen LogP contribution < -0.4 is 5.73 Å². The SMILES string of the molecule is NCC1(C(=O)N2CCCC(F)(F)C2)COC1. The minimum absolute atomic E-state index is 0.136. The number of carbonyl (C=O) groups is 1. The zero-order valence-electron chi connectivity index (χ0n) is 9.05. The van der Waals surface area contributed by atoms with E-state index in [1.54, 1.807) is 0 Å². The molecule has 0 aromatic carbocycles. The smallest absolute Gasteiger partial charge is 0.265 e. The summed E-state index contributed by atoms with van der Waals surface area (Å²) >= 11 is 0. The minimum Gasteiger partial charge on any atom is -0.379 e. The van der Waals surface area contributed by atoms with Crippen LogP contribution in [0.2, 0.25) is 0 Å². The number of halogens is 2. The fourth-order valence-electron chi connectivity index (χ4n) is 2.15. The summed E-state index contributed by atoms with van der Waals surface area (Å²) in [6.07, 6.45) is 0.211. The van der Waals surface area contributed by atoms with Gasteiger partial charge < -0.3 is 15.4 Å². The Bertz CT molecular complexity index is 287. The lowest BCUT2D eigenvalue weighted by molar-refractivity contribution is -0.178. The topological polar surface area (TPSA) is 55.6 Å². The summed E-state index contributed by atoms with van der Waals surface area (Å²) in [6.45, 7) is 0.590. The molecule has 2 fully saturated rings. The molecule has 0 aliphatic carbocycles. The molecule has 1 amide bonds. The van der Waals surface area contributed by atoms with E-state index in [1.807, 2.05) is 0 Å². The van der Waals surface area contributed by atoms with E-state index in [1.165, 1.54) is 4.90 Å². The van der Waals surface area contributed by atoms with Crippen LogP contribution in [-0.4, -0.2) is 49.6 Å². The van der Waals surface area contributed by atoms with Crippen molar-refractivity contribution in [3.63, 3.8) is 0 Å². The first-order valence-corrected chi connectivity index (χ1v) is 5.44. The maximum Gasteiger partial charge on any atom is 0.265 e. The highest BCUT2D eigenvalue weighted by Crippen LogP contribution is 2.33. The number of hydrogen-bond donors (Lipinski definition) is 1. The maximum atomic E-state index is 13.2. The summed E-state index contributed by atoms with van der Waals surface area (Å²) in [5.74, 6) is -3.03. The Labute approximate surface area is 92.7 Å². The summed E-state index contributed by atoms with van der Waals surface area (Å²) in [4.78, 5) is 13.3. The van der Waals surface area contributed by atoms with Crippen LogP contribution >= 0.6 is 0 Å². The molecule has 0 bridgehead atoms. The number of carbonyl (C=O) groups excluding carboxylic acids is 1. The van der Waals surface area contributed by atoms with E-state index in [0.717, 1.165) is 0 Å². The molecule has 0 aromatic rings. The second kappa shape index (κ2) is 3.92. The van der Waals surface area contributed by atoms with Crippen LogP contribution in [0.1, 0.15) is 12.8 Å². The van der Waals surface area contributed by atoms with Gasteiger partial charge in [0.15, 0.2) is 0 Å². The predicted octanol–water partition coefficient (Wildman–Crippen LogP) is 0.219. The van der Waals surface area contributed by atoms with Crippen molar-refractivity contribution in [2.24, 2.45) is 11.1 Å². The Morgan fingerprint density at radius 2 is 2.12 bits per heavy atom. The summed E-state index contributed by atoms with van der Waals surface area (Å²) in [6, 6.07) is 0. The lowest BCUT2D eigenvalue weighted by Crippen LogP contribution is -2.61. The van der Waals surface area contributed by atoms with Gasteiger partial charge in [0.2, 0.25) is 5.91 Å². The van der Waals surface area contributed by atoms with E-state index in [4.69, 9.17) is 10.5 Å². The molecule has 0 spiro atoms. The number of hydrogen-bond acceptors (Lipinski definition) is 3. The van der Waals surface area contributed by atoms with Crippen LogP contribution in [0.15, 0.2) is 0 Å². The van der Waals surface area contributed by atoms with Gasteiger partial charge in [-0.15, -0.1) is 0 Å². The van der Waals surface area contributed by atoms with Crippen molar-refractivity contribution >= 4 is 5.91 Å². The first-order chi connectivity index (χ1) is 7.49. The first kappa shape index (κ1) is 11.7. The second-order valence-corrected chi connectivity index (χ2v) is 4.66. The third-order valence-electron chi connectivity index (χ3n) is 3.28. The molecule has 0 atom stereocenters. The maximum absolute atomic E-state index is 13.2. The van der Waals surface area contributed by atoms with Crippen LogP contribution in [0.25, 0.3) is 0 Å². The number of piperidine rings is 1. The van der Waals surface area contributed by atoms with Crippen LogP contribution in [0.3, 0.4) is 0 Å². The van der Waals surface area contributed by atoms with E-state index in [2.05, 4.69) is 0 Å². The van der Waals surface area contributed by atoms with Gasteiger partial charge in [-0.25, -0.2) is 8.78 Å². The quantitative estimate of drug-likeness (QED) is 0.743. The van der Waals surface area contributed by atoms with Crippen molar-refractivity contribution in [2.75, 3.05) is 32.8 Å². The number of ether oxygens (including phenoxy) is 1. The van der Waals surface area contributed by atoms with Crippen molar-refractivity contribution in [3.8, 4) is 0 Å². The molecule has 2 aliphatic heterocycles. The zero-order valence-corrected chi connectivity index (χ0v) is 9.05. The summed E-state index contributed by atoms with van der Waals surface area (Å²) < 4.78 is 31.3. The predicted molar refractivity (Wildman–Crippen MR) is 53.1 cm³/mol. The van der Waals surface area contributed by atoms with Gasteiger partial charge in [-0.3, -0.25) is 4.79 Å². The molecular weight excluding hydrogens is 218 g/mol. The molecule has 2 heterocycles. The molecule has 2 rings (SSSR count). The molecule has 0 unspecified atom stereocenters. The Hall–Kier alpha value is -0.750. The third-order valence-corrected chi connectivity index (χ3v) is 3.28. The Morgan fingerprint density at radius 1 is 1.44 bits per heavy atom. The van der Waals surface area contributed by atoms with Gasteiger partial charge in [-0.2, -0.15) is 0 Å². The molecule has 92 valence electrons. The fourth-order valence-corrected chi connectivity index (χ4v) is 2.15. The van der Waals surface area contributed by atoms with Crippen LogP contribution in [0.4, 0.5) is 8.78 Å². The Morgan fingerprint density at radius 3 is 2.56 bits per heavy atom. The Kier molecular flexibility index (Phi) is 2.88.